The molecule has 3 aliphatic heterocycles. The van der Waals surface area contributed by atoms with Gasteiger partial charge < -0.3 is 55.9 Å². The highest BCUT2D eigenvalue weighted by atomic mass is 32.2. The first-order valence-corrected chi connectivity index (χ1v) is 20.1. The summed E-state index contributed by atoms with van der Waals surface area (Å²) in [7, 11) is -2.28. The number of hydrogen-bond donors (Lipinski definition) is 8. The van der Waals surface area contributed by atoms with E-state index in [-0.39, 0.29) is 25.9 Å². The minimum absolute atomic E-state index is 0.0174. The van der Waals surface area contributed by atoms with Crippen molar-refractivity contribution in [2.24, 2.45) is 4.99 Å². The Bertz CT molecular complexity index is 1980. The third-order valence-corrected chi connectivity index (χ3v) is 10.1. The van der Waals surface area contributed by atoms with E-state index in [0.717, 1.165) is 31.6 Å². The fourth-order valence-corrected chi connectivity index (χ4v) is 7.26. The largest absolute Gasteiger partial charge is 0.773 e. The number of carbonyl (C=O) groups excluding carboxylic acids is 6. The number of aliphatic carboxylic acids is 1. The fourth-order valence-electron chi connectivity index (χ4n) is 5.88. The smallest absolute Gasteiger partial charge is 0.359 e. The van der Waals surface area contributed by atoms with E-state index in [1.54, 1.807) is 54.6 Å². The molecule has 5 amide bonds. The zero-order valence-corrected chi connectivity index (χ0v) is 33.0. The van der Waals surface area contributed by atoms with Crippen LogP contribution in [-0.4, -0.2) is 165 Å². The minimum atomic E-state index is -4.42. The van der Waals surface area contributed by atoms with E-state index < -0.39 is 103 Å². The van der Waals surface area contributed by atoms with Crippen molar-refractivity contribution in [3.8, 4) is 0 Å². The third-order valence-electron chi connectivity index (χ3n) is 8.36. The normalized spacial score (nSPS) is 21.7. The topological polar surface area (TPSA) is 348 Å². The highest BCUT2D eigenvalue weighted by Crippen LogP contribution is 2.38. The number of hydrogen-bond acceptors (Lipinski definition) is 16. The summed E-state index contributed by atoms with van der Waals surface area (Å²) in [5, 5.41) is 45.0. The first kappa shape index (κ1) is 48.5. The SMILES string of the molecule is CO.COC(=O)C(NC(=O)Cc1ccccc1)[C@H]1CNC(=O)C(C(=O)O)=N1.CS(=O)(=O)C1(C(O)O)C(=O)NC[C@@H]2C(NC(=O)Cc3ccccc3)C(=O)N21.CS(=O)[O-]. The summed E-state index contributed by atoms with van der Waals surface area (Å²) in [5.41, 5.74) is 0.754. The molecule has 0 bridgehead atoms. The summed E-state index contributed by atoms with van der Waals surface area (Å²) >= 11 is -1.86. The number of ether oxygens (including phenoxy) is 1. The fraction of sp³-hybridized carbons (Fsp3) is 0.412. The molecular weight excluding hydrogens is 813 g/mol. The average Bonchev–Trinajstić information content (AvgIpc) is 3.16. The lowest BCUT2D eigenvalue weighted by atomic mass is 9.88. The predicted molar refractivity (Wildman–Crippen MR) is 200 cm³/mol. The van der Waals surface area contributed by atoms with Crippen LogP contribution < -0.4 is 21.3 Å². The van der Waals surface area contributed by atoms with Crippen LogP contribution in [0, 0.1) is 0 Å². The van der Waals surface area contributed by atoms with E-state index in [9.17, 15) is 52.2 Å². The molecule has 0 spiro atoms. The molecule has 318 valence electrons. The molecule has 2 aromatic rings. The number of carboxylic acid groups (broad SMARTS) is 1. The minimum Gasteiger partial charge on any atom is -0.773 e. The molecule has 6 atom stereocenters. The van der Waals surface area contributed by atoms with Crippen molar-refractivity contribution in [1.29, 1.82) is 0 Å². The maximum absolute atomic E-state index is 12.5. The second kappa shape index (κ2) is 21.8. The Morgan fingerprint density at radius 2 is 1.47 bits per heavy atom. The third kappa shape index (κ3) is 11.9. The number of amides is 5. The number of benzene rings is 2. The number of rotatable bonds is 11. The zero-order chi connectivity index (χ0) is 44.0. The molecule has 0 aromatic heterocycles. The molecule has 22 nitrogen and oxygen atoms in total. The lowest BCUT2D eigenvalue weighted by molar-refractivity contribution is -0.193. The van der Waals surface area contributed by atoms with Crippen molar-refractivity contribution in [1.82, 2.24) is 26.2 Å². The molecule has 0 saturated carbocycles. The second-order valence-corrected chi connectivity index (χ2v) is 15.2. The van der Waals surface area contributed by atoms with Gasteiger partial charge in [0.05, 0.1) is 32.0 Å². The van der Waals surface area contributed by atoms with Gasteiger partial charge in [-0.2, -0.15) is 0 Å². The number of aliphatic hydroxyl groups excluding tert-OH is 2. The number of sulfone groups is 1. The number of piperazine rings is 1. The number of carbonyl (C=O) groups is 7. The van der Waals surface area contributed by atoms with E-state index in [1.165, 1.54) is 0 Å². The number of nitrogens with zero attached hydrogens (tertiary/aromatic N) is 2. The molecular formula is C34H43N6O16S2-. The zero-order valence-electron chi connectivity index (χ0n) is 31.4. The van der Waals surface area contributed by atoms with Gasteiger partial charge in [0.1, 0.15) is 6.04 Å². The number of carboxylic acids is 1. The van der Waals surface area contributed by atoms with Gasteiger partial charge in [0, 0.05) is 26.5 Å². The van der Waals surface area contributed by atoms with Gasteiger partial charge >= 0.3 is 11.9 Å². The number of methoxy groups -OCH3 is 1. The molecule has 24 heteroatoms. The highest BCUT2D eigenvalue weighted by Gasteiger charge is 2.70. The van der Waals surface area contributed by atoms with Crippen LogP contribution in [0.1, 0.15) is 11.1 Å². The van der Waals surface area contributed by atoms with Crippen LogP contribution in [0.3, 0.4) is 0 Å². The molecule has 2 aromatic carbocycles. The summed E-state index contributed by atoms with van der Waals surface area (Å²) in [6.07, 6.45) is -0.865. The number of nitrogens with one attached hydrogen (secondary N) is 4. The average molecular weight is 856 g/mol. The number of β-lactam (4-membered cyclic amide) rings is 1. The van der Waals surface area contributed by atoms with Crippen LogP contribution in [0.2, 0.25) is 0 Å². The Morgan fingerprint density at radius 3 is 1.91 bits per heavy atom. The van der Waals surface area contributed by atoms with Gasteiger partial charge in [-0.1, -0.05) is 71.7 Å². The van der Waals surface area contributed by atoms with E-state index in [0.29, 0.717) is 11.2 Å². The Kier molecular flexibility index (Phi) is 18.2. The van der Waals surface area contributed by atoms with E-state index >= 15 is 0 Å². The van der Waals surface area contributed by atoms with Crippen LogP contribution in [0.5, 0.6) is 0 Å². The van der Waals surface area contributed by atoms with Crippen LogP contribution in [-0.2, 0) is 72.1 Å². The van der Waals surface area contributed by atoms with E-state index in [4.69, 9.17) is 19.0 Å². The first-order chi connectivity index (χ1) is 27.3. The van der Waals surface area contributed by atoms with Crippen molar-refractivity contribution in [3.05, 3.63) is 71.8 Å². The summed E-state index contributed by atoms with van der Waals surface area (Å²) < 4.78 is 47.1. The maximum atomic E-state index is 12.5. The van der Waals surface area contributed by atoms with Gasteiger partial charge in [0.2, 0.25) is 23.4 Å². The number of aliphatic imine (C=N–C) groups is 1. The van der Waals surface area contributed by atoms with Crippen molar-refractivity contribution >= 4 is 68.1 Å². The highest BCUT2D eigenvalue weighted by molar-refractivity contribution is 7.93. The standard InChI is InChI=1S/C16H19N3O7S.C16H17N3O6.CH4O2S.CH4O/c1-27(25,26)16(15(23)24)14(22)17-8-10-12(13(21)19(10)16)18-11(20)7-9-5-3-2-4-6-9;1-25-16(24)12(10-8-17-14(21)13(18-10)15(22)23)19-11(20)7-9-5-3-2-4-6-9;1-4(2)3;1-2/h2-6,10,12,15,23-24H,7-8H2,1H3,(H,17,22)(H,18,20);2-6,10,12H,7-8H2,1H3,(H,17,21)(H,19,20)(H,22,23);1H3,(H,2,3);2H,1H3/p-1/t10-,12?,16?;10-,12?;;/m11../s1. The molecule has 0 radical (unpaired) electrons. The predicted octanol–water partition coefficient (Wildman–Crippen LogP) is -4.88. The summed E-state index contributed by atoms with van der Waals surface area (Å²) in [5.74, 6) is -6.11. The maximum Gasteiger partial charge on any atom is 0.359 e. The van der Waals surface area contributed by atoms with E-state index in [1.807, 2.05) is 6.07 Å². The summed E-state index contributed by atoms with van der Waals surface area (Å²) in [6.45, 7) is -0.216. The molecule has 3 aliphatic rings. The summed E-state index contributed by atoms with van der Waals surface area (Å²) in [4.78, 5) is 85.3. The Morgan fingerprint density at radius 1 is 0.966 bits per heavy atom. The quantitative estimate of drug-likeness (QED) is 0.0455. The van der Waals surface area contributed by atoms with Crippen molar-refractivity contribution in [3.63, 3.8) is 0 Å². The number of aliphatic hydroxyl groups is 3. The van der Waals surface area contributed by atoms with Crippen molar-refractivity contribution < 1.29 is 75.9 Å². The second-order valence-electron chi connectivity index (χ2n) is 12.2. The molecule has 0 aliphatic carbocycles. The monoisotopic (exact) mass is 855 g/mol. The van der Waals surface area contributed by atoms with Gasteiger partial charge in [-0.3, -0.25) is 33.2 Å². The molecule has 3 heterocycles. The number of esters is 1. The molecule has 5 rings (SSSR count). The van der Waals surface area contributed by atoms with Crippen LogP contribution >= 0.6 is 0 Å². The number of fused-ring (bicyclic) bond motifs is 1. The first-order valence-electron chi connectivity index (χ1n) is 16.7. The van der Waals surface area contributed by atoms with Gasteiger partial charge in [-0.15, -0.1) is 0 Å². The van der Waals surface area contributed by atoms with Crippen molar-refractivity contribution in [2.45, 2.75) is 48.2 Å². The molecule has 8 N–H and O–H groups in total. The molecule has 4 unspecified atom stereocenters. The van der Waals surface area contributed by atoms with E-state index in [2.05, 4.69) is 31.0 Å². The van der Waals surface area contributed by atoms with Crippen LogP contribution in [0.15, 0.2) is 65.7 Å². The lowest BCUT2D eigenvalue weighted by Gasteiger charge is -2.57. The Labute approximate surface area is 334 Å². The Balaban J connectivity index is 0.000000353. The Hall–Kier alpha value is -5.66. The van der Waals surface area contributed by atoms with Crippen molar-refractivity contribution in [2.75, 3.05) is 39.8 Å². The summed E-state index contributed by atoms with van der Waals surface area (Å²) in [6, 6.07) is 13.5. The van der Waals surface area contributed by atoms with Gasteiger partial charge in [0.15, 0.2) is 22.2 Å². The lowest BCUT2D eigenvalue weighted by Crippen LogP contribution is -2.87. The van der Waals surface area contributed by atoms with Gasteiger partial charge in [0.25, 0.3) is 16.7 Å². The van der Waals surface area contributed by atoms with Crippen LogP contribution in [0.4, 0.5) is 0 Å². The van der Waals surface area contributed by atoms with Crippen LogP contribution in [0.25, 0.3) is 0 Å². The molecule has 58 heavy (non-hydrogen) atoms. The van der Waals surface area contributed by atoms with Gasteiger partial charge in [-0.05, 0) is 17.4 Å². The molecule has 2 fully saturated rings. The molecule has 2 saturated heterocycles. The van der Waals surface area contributed by atoms with Gasteiger partial charge in [-0.25, -0.2) is 18.0 Å².